The van der Waals surface area contributed by atoms with Gasteiger partial charge in [-0.15, -0.1) is 0 Å². The first-order chi connectivity index (χ1) is 15.6. The van der Waals surface area contributed by atoms with Crippen LogP contribution in [-0.2, 0) is 9.47 Å². The highest BCUT2D eigenvalue weighted by Gasteiger charge is 2.49. The average molecular weight is 466 g/mol. The first-order valence-corrected chi connectivity index (χ1v) is 9.87. The SMILES string of the molecule is O=C1c2c(O)cc(O)cc2OC(c2ccc(O)c(O)c2)C1O[C@H]1O[C@@H](CO)[C@@H](O)[C@@H](O)[C@@H]1O. The Morgan fingerprint density at radius 1 is 0.879 bits per heavy atom. The summed E-state index contributed by atoms with van der Waals surface area (Å²) in [6.07, 6.45) is -11.2. The Bertz CT molecular complexity index is 1050. The van der Waals surface area contributed by atoms with E-state index in [0.717, 1.165) is 24.3 Å². The largest absolute Gasteiger partial charge is 0.508 e. The Morgan fingerprint density at radius 2 is 1.61 bits per heavy atom. The van der Waals surface area contributed by atoms with Crippen molar-refractivity contribution in [2.45, 2.75) is 42.9 Å². The number of aliphatic hydroxyl groups excluding tert-OH is 4. The van der Waals surface area contributed by atoms with E-state index in [-0.39, 0.29) is 22.6 Å². The van der Waals surface area contributed by atoms with Crippen molar-refractivity contribution in [2.75, 3.05) is 6.61 Å². The summed E-state index contributed by atoms with van der Waals surface area (Å²) in [7, 11) is 0. The molecule has 0 aromatic heterocycles. The Kier molecular flexibility index (Phi) is 6.05. The quantitative estimate of drug-likeness (QED) is 0.256. The molecule has 0 spiro atoms. The van der Waals surface area contributed by atoms with Gasteiger partial charge < -0.3 is 55.1 Å². The molecule has 2 aliphatic heterocycles. The van der Waals surface area contributed by atoms with Crippen LogP contribution in [0.3, 0.4) is 0 Å². The fraction of sp³-hybridized carbons (Fsp3) is 0.381. The van der Waals surface area contributed by atoms with E-state index < -0.39 is 72.6 Å². The molecular formula is C21H22O12. The molecular weight excluding hydrogens is 444 g/mol. The Balaban J connectivity index is 1.75. The molecule has 12 heteroatoms. The number of aromatic hydroxyl groups is 4. The topological polar surface area (TPSA) is 207 Å². The number of hydrogen-bond acceptors (Lipinski definition) is 12. The third-order valence-corrected chi connectivity index (χ3v) is 5.56. The second-order valence-electron chi connectivity index (χ2n) is 7.74. The summed E-state index contributed by atoms with van der Waals surface area (Å²) in [5.41, 5.74) is -0.191. The van der Waals surface area contributed by atoms with Crippen molar-refractivity contribution in [3.05, 3.63) is 41.5 Å². The zero-order valence-corrected chi connectivity index (χ0v) is 16.8. The number of hydrogen-bond donors (Lipinski definition) is 8. The molecule has 0 saturated carbocycles. The predicted octanol–water partition coefficient (Wildman–Crippen LogP) is -0.990. The minimum Gasteiger partial charge on any atom is -0.508 e. The third-order valence-electron chi connectivity index (χ3n) is 5.56. The van der Waals surface area contributed by atoms with Crippen LogP contribution in [0.4, 0.5) is 0 Å². The maximum atomic E-state index is 13.3. The summed E-state index contributed by atoms with van der Waals surface area (Å²) in [6.45, 7) is -0.724. The Hall–Kier alpha value is -3.13. The summed E-state index contributed by atoms with van der Waals surface area (Å²) < 4.78 is 16.7. The Labute approximate surface area is 186 Å². The lowest BCUT2D eigenvalue weighted by Crippen LogP contribution is -2.60. The summed E-state index contributed by atoms with van der Waals surface area (Å²) in [6, 6.07) is 5.57. The minimum atomic E-state index is -1.82. The maximum absolute atomic E-state index is 13.3. The number of ether oxygens (including phenoxy) is 3. The number of phenols is 4. The van der Waals surface area contributed by atoms with Crippen LogP contribution in [0.2, 0.25) is 0 Å². The summed E-state index contributed by atoms with van der Waals surface area (Å²) in [4.78, 5) is 13.3. The molecule has 178 valence electrons. The van der Waals surface area contributed by atoms with E-state index >= 15 is 0 Å². The molecule has 2 unspecified atom stereocenters. The van der Waals surface area contributed by atoms with Crippen LogP contribution in [0.25, 0.3) is 0 Å². The van der Waals surface area contributed by atoms with Crippen molar-refractivity contribution >= 4 is 5.78 Å². The number of carbonyl (C=O) groups is 1. The molecule has 33 heavy (non-hydrogen) atoms. The normalized spacial score (nSPS) is 31.6. The highest BCUT2D eigenvalue weighted by Crippen LogP contribution is 2.44. The zero-order chi connectivity index (χ0) is 24.0. The molecule has 8 N–H and O–H groups in total. The highest BCUT2D eigenvalue weighted by molar-refractivity contribution is 6.05. The molecule has 2 aromatic rings. The van der Waals surface area contributed by atoms with Crippen LogP contribution >= 0.6 is 0 Å². The zero-order valence-electron chi connectivity index (χ0n) is 16.8. The van der Waals surface area contributed by atoms with Gasteiger partial charge in [-0.25, -0.2) is 0 Å². The monoisotopic (exact) mass is 466 g/mol. The van der Waals surface area contributed by atoms with E-state index in [1.807, 2.05) is 0 Å². The first kappa shape index (κ1) is 23.0. The molecule has 0 bridgehead atoms. The summed E-state index contributed by atoms with van der Waals surface area (Å²) >= 11 is 0. The van der Waals surface area contributed by atoms with Crippen LogP contribution in [0, 0.1) is 0 Å². The van der Waals surface area contributed by atoms with Crippen molar-refractivity contribution in [1.29, 1.82) is 0 Å². The van der Waals surface area contributed by atoms with Gasteiger partial charge >= 0.3 is 0 Å². The minimum absolute atomic E-state index is 0.140. The van der Waals surface area contributed by atoms with Crippen molar-refractivity contribution in [3.63, 3.8) is 0 Å². The van der Waals surface area contributed by atoms with Gasteiger partial charge in [0.15, 0.2) is 30.0 Å². The third kappa shape index (κ3) is 4.04. The molecule has 2 aliphatic rings. The average Bonchev–Trinajstić information content (AvgIpc) is 2.76. The molecule has 7 atom stereocenters. The van der Waals surface area contributed by atoms with E-state index in [1.165, 1.54) is 6.07 Å². The predicted molar refractivity (Wildman–Crippen MR) is 106 cm³/mol. The molecule has 2 heterocycles. The first-order valence-electron chi connectivity index (χ1n) is 9.87. The summed E-state index contributed by atoms with van der Waals surface area (Å²) in [5.74, 6) is -3.00. The number of carbonyl (C=O) groups excluding carboxylic acids is 1. The number of phenolic OH excluding ortho intramolecular Hbond substituents is 4. The van der Waals surface area contributed by atoms with E-state index in [2.05, 4.69) is 0 Å². The lowest BCUT2D eigenvalue weighted by Gasteiger charge is -2.42. The van der Waals surface area contributed by atoms with Crippen molar-refractivity contribution in [1.82, 2.24) is 0 Å². The van der Waals surface area contributed by atoms with Gasteiger partial charge in [-0.05, 0) is 17.7 Å². The van der Waals surface area contributed by atoms with E-state index in [9.17, 15) is 45.6 Å². The summed E-state index contributed by atoms with van der Waals surface area (Å²) in [5, 5.41) is 79.2. The van der Waals surface area contributed by atoms with Crippen LogP contribution < -0.4 is 4.74 Å². The number of benzene rings is 2. The van der Waals surface area contributed by atoms with Gasteiger partial charge in [-0.1, -0.05) is 6.07 Å². The molecule has 12 nitrogen and oxygen atoms in total. The smallest absolute Gasteiger partial charge is 0.203 e. The van der Waals surface area contributed by atoms with Crippen LogP contribution in [0.15, 0.2) is 30.3 Å². The fourth-order valence-electron chi connectivity index (χ4n) is 3.82. The number of fused-ring (bicyclic) bond motifs is 1. The van der Waals surface area contributed by atoms with Crippen LogP contribution in [-0.4, -0.2) is 90.1 Å². The van der Waals surface area contributed by atoms with Crippen molar-refractivity contribution in [2.24, 2.45) is 0 Å². The number of ketones is 1. The van der Waals surface area contributed by atoms with E-state index in [0.29, 0.717) is 0 Å². The van der Waals surface area contributed by atoms with Crippen LogP contribution in [0.1, 0.15) is 22.0 Å². The highest BCUT2D eigenvalue weighted by atomic mass is 16.7. The number of aliphatic hydroxyl groups is 4. The van der Waals surface area contributed by atoms with E-state index in [1.54, 1.807) is 0 Å². The van der Waals surface area contributed by atoms with Gasteiger partial charge in [0.25, 0.3) is 0 Å². The maximum Gasteiger partial charge on any atom is 0.203 e. The second kappa shape index (κ2) is 8.67. The standard InChI is InChI=1S/C21H22O12/c22-6-13-15(27)17(29)18(30)21(32-13)33-20-16(28)14-11(26)4-8(23)5-12(14)31-19(20)7-1-2-9(24)10(25)3-7/h1-5,13,15,17-27,29-30H,6H2/t13-,15+,17+,18-,19?,20?,21+/m0/s1. The van der Waals surface area contributed by atoms with Gasteiger partial charge in [0.05, 0.1) is 6.61 Å². The molecule has 0 aliphatic carbocycles. The molecule has 4 rings (SSSR count). The fourth-order valence-corrected chi connectivity index (χ4v) is 3.82. The van der Waals surface area contributed by atoms with Crippen molar-refractivity contribution < 1.29 is 59.9 Å². The lowest BCUT2D eigenvalue weighted by atomic mass is 9.92. The second-order valence-corrected chi connectivity index (χ2v) is 7.74. The van der Waals surface area contributed by atoms with Gasteiger partial charge in [0.1, 0.15) is 47.2 Å². The van der Waals surface area contributed by atoms with Gasteiger partial charge in [-0.2, -0.15) is 0 Å². The molecule has 0 amide bonds. The van der Waals surface area contributed by atoms with Crippen LogP contribution in [0.5, 0.6) is 28.7 Å². The number of Topliss-reactive ketones (excluding diaryl/α,β-unsaturated/α-hetero) is 1. The lowest BCUT2D eigenvalue weighted by molar-refractivity contribution is -0.311. The van der Waals surface area contributed by atoms with Crippen molar-refractivity contribution in [3.8, 4) is 28.7 Å². The molecule has 0 radical (unpaired) electrons. The van der Waals surface area contributed by atoms with Gasteiger partial charge in [0, 0.05) is 12.1 Å². The molecule has 1 saturated heterocycles. The molecule has 2 aromatic carbocycles. The van der Waals surface area contributed by atoms with E-state index in [4.69, 9.17) is 14.2 Å². The van der Waals surface area contributed by atoms with Gasteiger partial charge in [-0.3, -0.25) is 4.79 Å². The Morgan fingerprint density at radius 3 is 2.27 bits per heavy atom. The number of rotatable bonds is 4. The molecule has 1 fully saturated rings. The van der Waals surface area contributed by atoms with Gasteiger partial charge in [0.2, 0.25) is 5.78 Å².